The predicted octanol–water partition coefficient (Wildman–Crippen LogP) is 1.74. The van der Waals surface area contributed by atoms with E-state index in [4.69, 9.17) is 9.26 Å². The van der Waals surface area contributed by atoms with Crippen molar-refractivity contribution in [2.24, 2.45) is 0 Å². The molecular weight excluding hydrogens is 348 g/mol. The number of pyridine rings is 1. The summed E-state index contributed by atoms with van der Waals surface area (Å²) >= 11 is 0. The quantitative estimate of drug-likeness (QED) is 0.854. The van der Waals surface area contributed by atoms with Gasteiger partial charge in [-0.3, -0.25) is 0 Å². The van der Waals surface area contributed by atoms with Crippen molar-refractivity contribution < 1.29 is 14.1 Å². The van der Waals surface area contributed by atoms with Gasteiger partial charge in [0.25, 0.3) is 0 Å². The number of likely N-dealkylation sites (tertiary alicyclic amines) is 1. The highest BCUT2D eigenvalue weighted by atomic mass is 16.5. The molecule has 144 valence electrons. The molecule has 4 heterocycles. The molecule has 0 aromatic carbocycles. The lowest BCUT2D eigenvalue weighted by molar-refractivity contribution is 0.186. The Bertz CT molecular complexity index is 789. The van der Waals surface area contributed by atoms with Gasteiger partial charge < -0.3 is 24.4 Å². The lowest BCUT2D eigenvalue weighted by Gasteiger charge is -2.22. The third-order valence-corrected chi connectivity index (χ3v) is 4.85. The van der Waals surface area contributed by atoms with E-state index in [-0.39, 0.29) is 18.7 Å². The van der Waals surface area contributed by atoms with Gasteiger partial charge >= 0.3 is 6.03 Å². The Morgan fingerprint density at radius 1 is 1.37 bits per heavy atom. The smallest absolute Gasteiger partial charge is 0.317 e. The van der Waals surface area contributed by atoms with Crippen LogP contribution >= 0.6 is 0 Å². The number of urea groups is 1. The zero-order valence-electron chi connectivity index (χ0n) is 15.4. The van der Waals surface area contributed by atoms with Crippen LogP contribution in [0.1, 0.15) is 31.0 Å². The van der Waals surface area contributed by atoms with E-state index in [1.165, 1.54) is 12.8 Å². The summed E-state index contributed by atoms with van der Waals surface area (Å²) < 4.78 is 11.1. The number of hydrogen-bond donors (Lipinski definition) is 1. The number of carbonyl (C=O) groups excluding carboxylic acids is 1. The van der Waals surface area contributed by atoms with Gasteiger partial charge in [0.05, 0.1) is 13.1 Å². The van der Waals surface area contributed by atoms with Crippen LogP contribution in [-0.4, -0.2) is 58.3 Å². The van der Waals surface area contributed by atoms with Crippen LogP contribution in [0.5, 0.6) is 5.75 Å². The monoisotopic (exact) mass is 372 g/mol. The highest BCUT2D eigenvalue weighted by Crippen LogP contribution is 2.30. The number of carbonyl (C=O) groups is 1. The van der Waals surface area contributed by atoms with E-state index in [0.29, 0.717) is 24.8 Å². The van der Waals surface area contributed by atoms with Crippen molar-refractivity contribution in [2.75, 3.05) is 31.1 Å². The molecule has 2 amide bonds. The Hall–Kier alpha value is -2.84. The van der Waals surface area contributed by atoms with E-state index in [1.807, 2.05) is 12.1 Å². The largest absolute Gasteiger partial charge is 0.485 e. The molecule has 0 bridgehead atoms. The molecule has 0 aliphatic carbocycles. The number of rotatable bonds is 5. The molecule has 2 fully saturated rings. The van der Waals surface area contributed by atoms with Crippen LogP contribution in [0, 0.1) is 6.92 Å². The summed E-state index contributed by atoms with van der Waals surface area (Å²) in [6, 6.07) is 3.71. The van der Waals surface area contributed by atoms with E-state index >= 15 is 0 Å². The van der Waals surface area contributed by atoms with Gasteiger partial charge in [-0.1, -0.05) is 5.16 Å². The van der Waals surface area contributed by atoms with Crippen LogP contribution in [-0.2, 0) is 6.54 Å². The third kappa shape index (κ3) is 4.12. The summed E-state index contributed by atoms with van der Waals surface area (Å²) in [6.45, 7) is 5.20. The molecule has 0 radical (unpaired) electrons. The highest BCUT2D eigenvalue weighted by molar-refractivity contribution is 5.74. The predicted molar refractivity (Wildman–Crippen MR) is 97.6 cm³/mol. The zero-order valence-corrected chi connectivity index (χ0v) is 15.4. The molecule has 2 aromatic rings. The van der Waals surface area contributed by atoms with Crippen molar-refractivity contribution >= 4 is 11.8 Å². The first-order chi connectivity index (χ1) is 13.2. The fourth-order valence-corrected chi connectivity index (χ4v) is 3.51. The molecule has 2 aromatic heterocycles. The lowest BCUT2D eigenvalue weighted by atomic mass is 10.3. The van der Waals surface area contributed by atoms with Gasteiger partial charge in [-0.25, -0.2) is 9.78 Å². The first kappa shape index (κ1) is 17.6. The second-order valence-corrected chi connectivity index (χ2v) is 6.88. The fraction of sp³-hybridized carbons (Fsp3) is 0.556. The minimum atomic E-state index is -0.144. The summed E-state index contributed by atoms with van der Waals surface area (Å²) in [5.74, 6) is 2.66. The number of aryl methyl sites for hydroxylation is 1. The van der Waals surface area contributed by atoms with Crippen molar-refractivity contribution in [3.05, 3.63) is 30.0 Å². The van der Waals surface area contributed by atoms with Gasteiger partial charge in [0.1, 0.15) is 6.10 Å². The molecule has 4 rings (SSSR count). The number of anilines is 1. The average Bonchev–Trinajstić information content (AvgIpc) is 3.42. The summed E-state index contributed by atoms with van der Waals surface area (Å²) in [5, 5.41) is 6.60. The molecular formula is C18H24N6O3. The molecule has 1 atom stereocenters. The minimum Gasteiger partial charge on any atom is -0.485 e. The summed E-state index contributed by atoms with van der Waals surface area (Å²) in [5.41, 5.74) is 0. The minimum absolute atomic E-state index is 0.0336. The third-order valence-electron chi connectivity index (χ3n) is 4.85. The van der Waals surface area contributed by atoms with Crippen LogP contribution in [0.3, 0.4) is 0 Å². The van der Waals surface area contributed by atoms with E-state index in [0.717, 1.165) is 31.1 Å². The number of aromatic nitrogens is 3. The van der Waals surface area contributed by atoms with Crippen molar-refractivity contribution in [3.63, 3.8) is 0 Å². The molecule has 0 saturated carbocycles. The van der Waals surface area contributed by atoms with Gasteiger partial charge in [0.2, 0.25) is 5.89 Å². The topological polar surface area (TPSA) is 96.6 Å². The van der Waals surface area contributed by atoms with Crippen LogP contribution in [0.4, 0.5) is 10.6 Å². The van der Waals surface area contributed by atoms with Gasteiger partial charge in [0, 0.05) is 39.2 Å². The van der Waals surface area contributed by atoms with Gasteiger partial charge in [0.15, 0.2) is 17.4 Å². The Kier molecular flexibility index (Phi) is 5.08. The summed E-state index contributed by atoms with van der Waals surface area (Å²) in [4.78, 5) is 25.0. The first-order valence-corrected chi connectivity index (χ1v) is 9.37. The SMILES string of the molecule is Cc1nc(CNC(=O)N2CC[C@H](Oc3cccnc3N3CCCC3)C2)no1. The maximum Gasteiger partial charge on any atom is 0.317 e. The molecule has 1 N–H and O–H groups in total. The highest BCUT2D eigenvalue weighted by Gasteiger charge is 2.29. The molecule has 9 nitrogen and oxygen atoms in total. The number of nitrogens with zero attached hydrogens (tertiary/aromatic N) is 5. The summed E-state index contributed by atoms with van der Waals surface area (Å²) in [6.07, 6.45) is 4.94. The second kappa shape index (κ2) is 7.81. The number of amides is 2. The lowest BCUT2D eigenvalue weighted by Crippen LogP contribution is -2.39. The van der Waals surface area contributed by atoms with Gasteiger partial charge in [-0.15, -0.1) is 0 Å². The Labute approximate surface area is 157 Å². The number of hydrogen-bond acceptors (Lipinski definition) is 7. The van der Waals surface area contributed by atoms with Crippen LogP contribution in [0.15, 0.2) is 22.9 Å². The van der Waals surface area contributed by atoms with E-state index in [1.54, 1.807) is 18.0 Å². The molecule has 2 aliphatic heterocycles. The Morgan fingerprint density at radius 2 is 2.22 bits per heavy atom. The fourth-order valence-electron chi connectivity index (χ4n) is 3.51. The van der Waals surface area contributed by atoms with Crippen LogP contribution in [0.2, 0.25) is 0 Å². The van der Waals surface area contributed by atoms with Crippen molar-refractivity contribution in [3.8, 4) is 5.75 Å². The molecule has 27 heavy (non-hydrogen) atoms. The van der Waals surface area contributed by atoms with E-state index in [9.17, 15) is 4.79 Å². The molecule has 0 spiro atoms. The number of ether oxygens (including phenoxy) is 1. The average molecular weight is 372 g/mol. The second-order valence-electron chi connectivity index (χ2n) is 6.88. The summed E-state index contributed by atoms with van der Waals surface area (Å²) in [7, 11) is 0. The molecule has 9 heteroatoms. The maximum atomic E-state index is 12.4. The molecule has 2 aliphatic rings. The van der Waals surface area contributed by atoms with Crippen molar-refractivity contribution in [1.29, 1.82) is 0 Å². The molecule has 0 unspecified atom stereocenters. The molecule has 2 saturated heterocycles. The van der Waals surface area contributed by atoms with Gasteiger partial charge in [-0.05, 0) is 25.0 Å². The maximum absolute atomic E-state index is 12.4. The zero-order chi connectivity index (χ0) is 18.6. The van der Waals surface area contributed by atoms with Crippen LogP contribution in [0.25, 0.3) is 0 Å². The van der Waals surface area contributed by atoms with E-state index < -0.39 is 0 Å². The standard InChI is InChI=1S/C18H24N6O3/c1-13-21-16(22-27-13)11-20-18(25)24-10-6-14(12-24)26-15-5-4-7-19-17(15)23-8-2-3-9-23/h4-5,7,14H,2-3,6,8-12H2,1H3,(H,20,25)/t14-/m0/s1. The van der Waals surface area contributed by atoms with Crippen molar-refractivity contribution in [2.45, 2.75) is 38.8 Å². The van der Waals surface area contributed by atoms with Gasteiger partial charge in [-0.2, -0.15) is 4.98 Å². The Morgan fingerprint density at radius 3 is 3.00 bits per heavy atom. The number of nitrogens with one attached hydrogen (secondary N) is 1. The van der Waals surface area contributed by atoms with E-state index in [2.05, 4.69) is 25.3 Å². The first-order valence-electron chi connectivity index (χ1n) is 9.37. The van der Waals surface area contributed by atoms with Crippen LogP contribution < -0.4 is 15.0 Å². The normalized spacial score (nSPS) is 19.5. The Balaban J connectivity index is 1.31. The van der Waals surface area contributed by atoms with Crippen molar-refractivity contribution in [1.82, 2.24) is 25.3 Å².